The first-order valence-electron chi connectivity index (χ1n) is 9.01. The molecule has 0 spiro atoms. The maximum atomic E-state index is 10.3. The van der Waals surface area contributed by atoms with Crippen molar-refractivity contribution < 1.29 is 20.1 Å². The van der Waals surface area contributed by atoms with Gasteiger partial charge in [-0.05, 0) is 11.6 Å². The van der Waals surface area contributed by atoms with Gasteiger partial charge in [0, 0.05) is 5.75 Å². The number of thioether (sulfide) groups is 1. The molecule has 11 heteroatoms. The summed E-state index contributed by atoms with van der Waals surface area (Å²) in [5, 5.41) is 30.3. The van der Waals surface area contributed by atoms with Crippen LogP contribution in [0.15, 0.2) is 42.2 Å². The third-order valence-corrected chi connectivity index (χ3v) is 6.04. The van der Waals surface area contributed by atoms with Crippen molar-refractivity contribution in [1.29, 1.82) is 0 Å². The fourth-order valence-corrected chi connectivity index (χ4v) is 4.45. The van der Waals surface area contributed by atoms with Crippen LogP contribution in [-0.2, 0) is 10.5 Å². The van der Waals surface area contributed by atoms with Crippen LogP contribution < -0.4 is 0 Å². The molecule has 0 saturated carbocycles. The number of rotatable bonds is 5. The number of aliphatic hydroxyl groups is 3. The molecule has 4 N–H and O–H groups in total. The van der Waals surface area contributed by atoms with Crippen LogP contribution in [0.3, 0.4) is 0 Å². The Morgan fingerprint density at radius 1 is 1.10 bits per heavy atom. The molecule has 10 nitrogen and oxygen atoms in total. The third kappa shape index (κ3) is 3.07. The third-order valence-electron chi connectivity index (χ3n) is 5.01. The molecule has 0 aliphatic carbocycles. The summed E-state index contributed by atoms with van der Waals surface area (Å²) in [6.45, 7) is -0.393. The molecule has 4 atom stereocenters. The summed E-state index contributed by atoms with van der Waals surface area (Å²) in [4.78, 5) is 20.5. The zero-order chi connectivity index (χ0) is 20.0. The van der Waals surface area contributed by atoms with Crippen molar-refractivity contribution in [3.8, 4) is 0 Å². The average Bonchev–Trinajstić information content (AvgIpc) is 3.45. The number of fused-ring (bicyclic) bond motifs is 2. The first-order valence-corrected chi connectivity index (χ1v) is 9.99. The molecule has 1 aliphatic heterocycles. The fourth-order valence-electron chi connectivity index (χ4n) is 3.52. The highest BCUT2D eigenvalue weighted by Crippen LogP contribution is 2.33. The zero-order valence-corrected chi connectivity index (χ0v) is 15.9. The molecule has 3 aromatic heterocycles. The van der Waals surface area contributed by atoms with Crippen LogP contribution in [0.4, 0.5) is 0 Å². The minimum atomic E-state index is -1.20. The topological polar surface area (TPSA) is 142 Å². The molecule has 1 saturated heterocycles. The number of para-hydroxylation sites is 1. The molecule has 29 heavy (non-hydrogen) atoms. The van der Waals surface area contributed by atoms with Gasteiger partial charge in [-0.15, -0.1) is 0 Å². The van der Waals surface area contributed by atoms with E-state index in [-0.39, 0.29) is 0 Å². The average molecular weight is 414 g/mol. The Bertz CT molecular complexity index is 1160. The molecule has 1 aliphatic rings. The van der Waals surface area contributed by atoms with Crippen LogP contribution in [0.25, 0.3) is 22.2 Å². The Morgan fingerprint density at radius 3 is 2.83 bits per heavy atom. The zero-order valence-electron chi connectivity index (χ0n) is 15.1. The van der Waals surface area contributed by atoms with Gasteiger partial charge in [0.05, 0.1) is 30.3 Å². The Balaban J connectivity index is 1.44. The van der Waals surface area contributed by atoms with Crippen molar-refractivity contribution in [3.05, 3.63) is 42.7 Å². The number of nitrogens with zero attached hydrogens (tertiary/aromatic N) is 5. The van der Waals surface area contributed by atoms with E-state index >= 15 is 0 Å². The van der Waals surface area contributed by atoms with Crippen molar-refractivity contribution in [2.24, 2.45) is 0 Å². The Labute approximate surface area is 168 Å². The van der Waals surface area contributed by atoms with Crippen molar-refractivity contribution in [2.45, 2.75) is 35.3 Å². The second-order valence-corrected chi connectivity index (χ2v) is 7.70. The number of nitrogens with one attached hydrogen (secondary N) is 1. The van der Waals surface area contributed by atoms with E-state index in [0.717, 1.165) is 16.6 Å². The second-order valence-electron chi connectivity index (χ2n) is 6.74. The molecular formula is C18H18N6O4S. The number of aliphatic hydroxyl groups excluding tert-OH is 3. The number of H-pyrrole nitrogens is 1. The van der Waals surface area contributed by atoms with E-state index < -0.39 is 31.1 Å². The van der Waals surface area contributed by atoms with Crippen molar-refractivity contribution in [3.63, 3.8) is 0 Å². The smallest absolute Gasteiger partial charge is 0.166 e. The molecule has 1 aromatic carbocycles. The quantitative estimate of drug-likeness (QED) is 0.273. The van der Waals surface area contributed by atoms with Crippen LogP contribution in [0, 0.1) is 0 Å². The van der Waals surface area contributed by atoms with Gasteiger partial charge in [-0.25, -0.2) is 19.9 Å². The van der Waals surface area contributed by atoms with E-state index in [2.05, 4.69) is 24.9 Å². The summed E-state index contributed by atoms with van der Waals surface area (Å²) in [7, 11) is 0. The number of hydrogen-bond donors (Lipinski definition) is 4. The van der Waals surface area contributed by atoms with Gasteiger partial charge in [-0.2, -0.15) is 0 Å². The van der Waals surface area contributed by atoms with E-state index in [9.17, 15) is 15.3 Å². The minimum Gasteiger partial charge on any atom is -0.394 e. The molecule has 0 bridgehead atoms. The monoisotopic (exact) mass is 414 g/mol. The van der Waals surface area contributed by atoms with Gasteiger partial charge in [-0.1, -0.05) is 23.9 Å². The predicted molar refractivity (Wildman–Crippen MR) is 104 cm³/mol. The largest absolute Gasteiger partial charge is 0.394 e. The van der Waals surface area contributed by atoms with Crippen LogP contribution in [0.2, 0.25) is 0 Å². The van der Waals surface area contributed by atoms with Gasteiger partial charge in [0.2, 0.25) is 0 Å². The minimum absolute atomic E-state index is 0.393. The van der Waals surface area contributed by atoms with Gasteiger partial charge < -0.3 is 25.0 Å². The van der Waals surface area contributed by atoms with E-state index in [1.165, 1.54) is 24.4 Å². The fraction of sp³-hybridized carbons (Fsp3) is 0.333. The van der Waals surface area contributed by atoms with E-state index in [1.54, 1.807) is 10.9 Å². The molecule has 5 rings (SSSR count). The highest BCUT2D eigenvalue weighted by molar-refractivity contribution is 7.98. The molecule has 0 radical (unpaired) electrons. The normalized spacial score (nSPS) is 24.7. The van der Waals surface area contributed by atoms with Crippen LogP contribution in [0.1, 0.15) is 11.8 Å². The van der Waals surface area contributed by atoms with Gasteiger partial charge in [-0.3, -0.25) is 4.57 Å². The number of aromatic nitrogens is 6. The summed E-state index contributed by atoms with van der Waals surface area (Å²) >= 11 is 1.51. The first kappa shape index (κ1) is 18.5. The SMILES string of the molecule is OC[C@H]1O[C@@H](n2cnc3c(SCc4cccc5[nH]cnc45)ncnc32)[C@H](O)[C@@H]1O. The van der Waals surface area contributed by atoms with Crippen molar-refractivity contribution in [1.82, 2.24) is 29.5 Å². The van der Waals surface area contributed by atoms with E-state index in [4.69, 9.17) is 4.74 Å². The lowest BCUT2D eigenvalue weighted by atomic mass is 10.1. The Kier molecular flexibility index (Phi) is 4.68. The Hall–Kier alpha value is -2.57. The summed E-state index contributed by atoms with van der Waals surface area (Å²) < 4.78 is 7.14. The number of benzene rings is 1. The van der Waals surface area contributed by atoms with Crippen molar-refractivity contribution >= 4 is 34.0 Å². The maximum Gasteiger partial charge on any atom is 0.166 e. The number of hydrogen-bond acceptors (Lipinski definition) is 9. The van der Waals surface area contributed by atoms with Gasteiger partial charge >= 0.3 is 0 Å². The lowest BCUT2D eigenvalue weighted by Gasteiger charge is -2.16. The molecular weight excluding hydrogens is 396 g/mol. The molecule has 0 unspecified atom stereocenters. The molecule has 4 aromatic rings. The number of ether oxygens (including phenoxy) is 1. The standard InChI is InChI=1S/C18H18N6O4S/c25-4-11-14(26)15(27)18(28-11)24-8-23-13-16(24)21-7-22-17(13)29-5-9-2-1-3-10-12(9)20-6-19-10/h1-3,6-8,11,14-15,18,25-27H,4-5H2,(H,19,20)/t11-,14-,15-,18-/m1/s1. The highest BCUT2D eigenvalue weighted by Gasteiger charge is 2.44. The summed E-state index contributed by atoms with van der Waals surface area (Å²) in [5.74, 6) is 0.648. The molecule has 150 valence electrons. The van der Waals surface area contributed by atoms with Gasteiger partial charge in [0.1, 0.15) is 35.2 Å². The summed E-state index contributed by atoms with van der Waals surface area (Å²) in [5.41, 5.74) is 4.02. The number of imidazole rings is 2. The van der Waals surface area contributed by atoms with Crippen LogP contribution in [0.5, 0.6) is 0 Å². The van der Waals surface area contributed by atoms with Crippen LogP contribution in [-0.4, -0.2) is 69.7 Å². The lowest BCUT2D eigenvalue weighted by Crippen LogP contribution is -2.33. The highest BCUT2D eigenvalue weighted by atomic mass is 32.2. The van der Waals surface area contributed by atoms with Crippen LogP contribution >= 0.6 is 11.8 Å². The summed E-state index contributed by atoms with van der Waals surface area (Å²) in [6.07, 6.45) is 0.456. The lowest BCUT2D eigenvalue weighted by molar-refractivity contribution is -0.0511. The molecule has 4 heterocycles. The predicted octanol–water partition coefficient (Wildman–Crippen LogP) is 0.606. The van der Waals surface area contributed by atoms with Gasteiger partial charge in [0.15, 0.2) is 11.9 Å². The number of aromatic amines is 1. The van der Waals surface area contributed by atoms with Gasteiger partial charge in [0.25, 0.3) is 0 Å². The summed E-state index contributed by atoms with van der Waals surface area (Å²) in [6, 6.07) is 5.97. The Morgan fingerprint density at radius 2 is 2.00 bits per heavy atom. The van der Waals surface area contributed by atoms with E-state index in [0.29, 0.717) is 21.9 Å². The molecule has 1 fully saturated rings. The van der Waals surface area contributed by atoms with Crippen molar-refractivity contribution in [2.75, 3.05) is 6.61 Å². The maximum absolute atomic E-state index is 10.3. The molecule has 0 amide bonds. The van der Waals surface area contributed by atoms with E-state index in [1.807, 2.05) is 18.2 Å². The second kappa shape index (κ2) is 7.35. The first-order chi connectivity index (χ1) is 14.2.